The van der Waals surface area contributed by atoms with Crippen molar-refractivity contribution in [2.45, 2.75) is 40.7 Å². The lowest BCUT2D eigenvalue weighted by molar-refractivity contribution is 0.278. The van der Waals surface area contributed by atoms with E-state index < -0.39 is 0 Å². The fourth-order valence-electron chi connectivity index (χ4n) is 1.65. The highest BCUT2D eigenvalue weighted by molar-refractivity contribution is 5.31. The van der Waals surface area contributed by atoms with E-state index in [0.717, 1.165) is 12.0 Å². The molecule has 1 rings (SSSR count). The monoisotopic (exact) mass is 192 g/mol. The summed E-state index contributed by atoms with van der Waals surface area (Å²) in [4.78, 5) is 0. The zero-order valence-electron chi connectivity index (χ0n) is 9.59. The smallest absolute Gasteiger partial charge is 0.0684 e. The van der Waals surface area contributed by atoms with Crippen LogP contribution in [-0.2, 0) is 13.0 Å². The van der Waals surface area contributed by atoms with E-state index in [9.17, 15) is 5.11 Å². The van der Waals surface area contributed by atoms with Crippen LogP contribution >= 0.6 is 0 Å². The molecule has 1 aromatic rings. The first-order valence-electron chi connectivity index (χ1n) is 5.11. The van der Waals surface area contributed by atoms with Crippen molar-refractivity contribution in [3.05, 3.63) is 34.9 Å². The Morgan fingerprint density at radius 1 is 1.14 bits per heavy atom. The van der Waals surface area contributed by atoms with Gasteiger partial charge in [-0.25, -0.2) is 0 Å². The molecule has 0 fully saturated rings. The van der Waals surface area contributed by atoms with Crippen LogP contribution in [0.25, 0.3) is 0 Å². The topological polar surface area (TPSA) is 20.2 Å². The van der Waals surface area contributed by atoms with Crippen LogP contribution < -0.4 is 0 Å². The van der Waals surface area contributed by atoms with Crippen LogP contribution in [0.4, 0.5) is 0 Å². The molecule has 0 spiro atoms. The molecule has 1 nitrogen and oxygen atoms in total. The number of rotatable bonds is 2. The Labute approximate surface area is 86.8 Å². The minimum Gasteiger partial charge on any atom is -0.392 e. The van der Waals surface area contributed by atoms with Gasteiger partial charge in [0.25, 0.3) is 0 Å². The summed E-state index contributed by atoms with van der Waals surface area (Å²) in [5.74, 6) is 0. The second kappa shape index (κ2) is 4.14. The largest absolute Gasteiger partial charge is 0.392 e. The van der Waals surface area contributed by atoms with E-state index in [4.69, 9.17) is 0 Å². The molecule has 14 heavy (non-hydrogen) atoms. The maximum Gasteiger partial charge on any atom is 0.0684 e. The van der Waals surface area contributed by atoms with Crippen LogP contribution in [0.2, 0.25) is 0 Å². The van der Waals surface area contributed by atoms with Gasteiger partial charge in [-0.05, 0) is 29.9 Å². The molecule has 1 aromatic carbocycles. The second-order valence-electron chi connectivity index (χ2n) is 5.17. The first kappa shape index (κ1) is 11.3. The summed E-state index contributed by atoms with van der Waals surface area (Å²) in [6.07, 6.45) is 1.02. The fraction of sp³-hybridized carbons (Fsp3) is 0.538. The SMILES string of the molecule is Cc1ccc(CC(C)(C)C)c(CO)c1. The molecule has 0 aliphatic rings. The van der Waals surface area contributed by atoms with E-state index in [1.165, 1.54) is 11.1 Å². The minimum atomic E-state index is 0.146. The molecule has 0 saturated carbocycles. The average Bonchev–Trinajstić information content (AvgIpc) is 2.06. The summed E-state index contributed by atoms with van der Waals surface area (Å²) >= 11 is 0. The molecule has 0 aliphatic carbocycles. The molecule has 0 bridgehead atoms. The molecule has 1 heteroatoms. The molecule has 0 atom stereocenters. The molecule has 0 unspecified atom stereocenters. The summed E-state index contributed by atoms with van der Waals surface area (Å²) < 4.78 is 0. The molecule has 0 radical (unpaired) electrons. The van der Waals surface area contributed by atoms with Crippen LogP contribution in [-0.4, -0.2) is 5.11 Å². The van der Waals surface area contributed by atoms with E-state index in [1.54, 1.807) is 0 Å². The van der Waals surface area contributed by atoms with Crippen LogP contribution in [0, 0.1) is 12.3 Å². The van der Waals surface area contributed by atoms with E-state index in [2.05, 4.69) is 45.9 Å². The Balaban J connectivity index is 2.97. The lowest BCUT2D eigenvalue weighted by atomic mass is 9.86. The number of aryl methyl sites for hydroxylation is 1. The van der Waals surface area contributed by atoms with Crippen LogP contribution in [0.5, 0.6) is 0 Å². The lowest BCUT2D eigenvalue weighted by Gasteiger charge is -2.20. The predicted molar refractivity (Wildman–Crippen MR) is 60.3 cm³/mol. The third kappa shape index (κ3) is 3.15. The van der Waals surface area contributed by atoms with Gasteiger partial charge in [-0.15, -0.1) is 0 Å². The molecule has 0 aliphatic heterocycles. The van der Waals surface area contributed by atoms with Crippen molar-refractivity contribution in [1.29, 1.82) is 0 Å². The van der Waals surface area contributed by atoms with E-state index in [1.807, 2.05) is 0 Å². The number of hydrogen-bond acceptors (Lipinski definition) is 1. The van der Waals surface area contributed by atoms with Gasteiger partial charge in [-0.3, -0.25) is 0 Å². The molecule has 0 saturated heterocycles. The lowest BCUT2D eigenvalue weighted by Crippen LogP contribution is -2.11. The first-order valence-corrected chi connectivity index (χ1v) is 5.11. The minimum absolute atomic E-state index is 0.146. The molecule has 1 N–H and O–H groups in total. The van der Waals surface area contributed by atoms with Crippen molar-refractivity contribution in [1.82, 2.24) is 0 Å². The number of aliphatic hydroxyl groups is 1. The number of hydrogen-bond donors (Lipinski definition) is 1. The van der Waals surface area contributed by atoms with Gasteiger partial charge in [-0.1, -0.05) is 44.5 Å². The van der Waals surface area contributed by atoms with Crippen LogP contribution in [0.3, 0.4) is 0 Å². The van der Waals surface area contributed by atoms with Gasteiger partial charge in [0.2, 0.25) is 0 Å². The van der Waals surface area contributed by atoms with Crippen molar-refractivity contribution in [3.63, 3.8) is 0 Å². The first-order chi connectivity index (χ1) is 6.42. The highest BCUT2D eigenvalue weighted by Gasteiger charge is 2.13. The van der Waals surface area contributed by atoms with Gasteiger partial charge in [0.1, 0.15) is 0 Å². The van der Waals surface area contributed by atoms with Gasteiger partial charge in [0.05, 0.1) is 6.61 Å². The van der Waals surface area contributed by atoms with E-state index in [-0.39, 0.29) is 12.0 Å². The fourth-order valence-corrected chi connectivity index (χ4v) is 1.65. The second-order valence-corrected chi connectivity index (χ2v) is 5.17. The molecular formula is C13H20O. The predicted octanol–water partition coefficient (Wildman–Crippen LogP) is 3.08. The van der Waals surface area contributed by atoms with Crippen molar-refractivity contribution >= 4 is 0 Å². The van der Waals surface area contributed by atoms with Crippen molar-refractivity contribution < 1.29 is 5.11 Å². The summed E-state index contributed by atoms with van der Waals surface area (Å²) in [6.45, 7) is 8.85. The van der Waals surface area contributed by atoms with Gasteiger partial charge in [-0.2, -0.15) is 0 Å². The zero-order chi connectivity index (χ0) is 10.8. The maximum absolute atomic E-state index is 9.24. The van der Waals surface area contributed by atoms with Gasteiger partial charge in [0.15, 0.2) is 0 Å². The summed E-state index contributed by atoms with van der Waals surface area (Å²) in [7, 11) is 0. The summed E-state index contributed by atoms with van der Waals surface area (Å²) in [5, 5.41) is 9.24. The quantitative estimate of drug-likeness (QED) is 0.763. The molecule has 0 heterocycles. The van der Waals surface area contributed by atoms with Crippen LogP contribution in [0.15, 0.2) is 18.2 Å². The van der Waals surface area contributed by atoms with Gasteiger partial charge < -0.3 is 5.11 Å². The van der Waals surface area contributed by atoms with E-state index >= 15 is 0 Å². The Kier molecular flexibility index (Phi) is 3.33. The standard InChI is InChI=1S/C13H20O/c1-10-5-6-11(8-13(2,3)4)12(7-10)9-14/h5-7,14H,8-9H2,1-4H3. The normalized spacial score (nSPS) is 11.8. The molecule has 0 amide bonds. The summed E-state index contributed by atoms with van der Waals surface area (Å²) in [5.41, 5.74) is 3.83. The Hall–Kier alpha value is -0.820. The van der Waals surface area contributed by atoms with Crippen molar-refractivity contribution in [3.8, 4) is 0 Å². The highest BCUT2D eigenvalue weighted by Crippen LogP contribution is 2.23. The maximum atomic E-state index is 9.24. The van der Waals surface area contributed by atoms with Gasteiger partial charge >= 0.3 is 0 Å². The average molecular weight is 192 g/mol. The van der Waals surface area contributed by atoms with E-state index in [0.29, 0.717) is 0 Å². The third-order valence-electron chi connectivity index (χ3n) is 2.25. The molecular weight excluding hydrogens is 172 g/mol. The number of aliphatic hydroxyl groups excluding tert-OH is 1. The number of benzene rings is 1. The Morgan fingerprint density at radius 3 is 2.29 bits per heavy atom. The van der Waals surface area contributed by atoms with Crippen LogP contribution in [0.1, 0.15) is 37.5 Å². The Bertz CT molecular complexity index is 308. The van der Waals surface area contributed by atoms with Crippen molar-refractivity contribution in [2.75, 3.05) is 0 Å². The molecule has 0 aromatic heterocycles. The zero-order valence-corrected chi connectivity index (χ0v) is 9.59. The van der Waals surface area contributed by atoms with Crippen molar-refractivity contribution in [2.24, 2.45) is 5.41 Å². The van der Waals surface area contributed by atoms with Gasteiger partial charge in [0, 0.05) is 0 Å². The Morgan fingerprint density at radius 2 is 1.79 bits per heavy atom. The molecule has 78 valence electrons. The third-order valence-corrected chi connectivity index (χ3v) is 2.25. The highest BCUT2D eigenvalue weighted by atomic mass is 16.3. The summed E-state index contributed by atoms with van der Waals surface area (Å²) in [6, 6.07) is 6.31.